The molecule has 2 bridgehead atoms. The first-order chi connectivity index (χ1) is 14.7. The Bertz CT molecular complexity index is 934. The molecule has 10 heteroatoms. The fourth-order valence-electron chi connectivity index (χ4n) is 5.01. The van der Waals surface area contributed by atoms with E-state index in [4.69, 9.17) is 9.47 Å². The molecule has 7 nitrogen and oxygen atoms in total. The maximum absolute atomic E-state index is 14.6. The maximum atomic E-state index is 14.6. The van der Waals surface area contributed by atoms with E-state index in [1.54, 1.807) is 4.90 Å². The third-order valence-electron chi connectivity index (χ3n) is 6.46. The number of nitrogens with one attached hydrogen (secondary N) is 1. The molecule has 4 aliphatic rings. The topological polar surface area (TPSA) is 84.9 Å². The number of fused-ring (bicyclic) bond motifs is 5. The van der Waals surface area contributed by atoms with Crippen LogP contribution in [0.1, 0.15) is 50.0 Å². The normalized spacial score (nSPS) is 29.8. The van der Waals surface area contributed by atoms with E-state index < -0.39 is 40.3 Å². The lowest BCUT2D eigenvalue weighted by Gasteiger charge is -2.41. The molecule has 2 fully saturated rings. The quantitative estimate of drug-likeness (QED) is 0.735. The fourth-order valence-corrected chi connectivity index (χ4v) is 5.84. The molecule has 0 spiro atoms. The van der Waals surface area contributed by atoms with Gasteiger partial charge in [0.15, 0.2) is 18.2 Å². The van der Waals surface area contributed by atoms with E-state index in [1.165, 1.54) is 6.07 Å². The van der Waals surface area contributed by atoms with Crippen LogP contribution in [0.25, 0.3) is 0 Å². The molecule has 1 saturated heterocycles. The average molecular weight is 459 g/mol. The lowest BCUT2D eigenvalue weighted by atomic mass is 9.82. The predicted octanol–water partition coefficient (Wildman–Crippen LogP) is 2.31. The second-order valence-corrected chi connectivity index (χ2v) is 10.5. The highest BCUT2D eigenvalue weighted by Crippen LogP contribution is 2.40. The molecule has 1 saturated carbocycles. The Morgan fingerprint density at radius 2 is 1.87 bits per heavy atom. The summed E-state index contributed by atoms with van der Waals surface area (Å²) in [5.41, 5.74) is 0.454. The Kier molecular flexibility index (Phi) is 6.50. The number of nitrogens with zero attached hydrogens (tertiary/aromatic N) is 1. The maximum Gasteiger partial charge on any atom is 0.260 e. The molecule has 31 heavy (non-hydrogen) atoms. The minimum Gasteiger partial charge on any atom is -0.480 e. The van der Waals surface area contributed by atoms with Gasteiger partial charge in [-0.15, -0.1) is 0 Å². The zero-order valence-corrected chi connectivity index (χ0v) is 18.3. The zero-order valence-electron chi connectivity index (χ0n) is 17.5. The summed E-state index contributed by atoms with van der Waals surface area (Å²) < 4.78 is 66.6. The number of ether oxygens (including phenoxy) is 2. The van der Waals surface area contributed by atoms with Crippen LogP contribution >= 0.6 is 0 Å². The molecule has 3 heterocycles. The number of hydrogen-bond donors (Lipinski definition) is 1. The number of carbonyl (C=O) groups excluding carboxylic acids is 1. The van der Waals surface area contributed by atoms with Crippen LogP contribution in [0.3, 0.4) is 0 Å². The number of piperidine rings is 1. The first-order valence-electron chi connectivity index (χ1n) is 10.7. The SMILES string of the molecule is CS(=O)(=O)N[C@H]1CCCN2C(=O)COc3c(F)cc(F)cc3[C@H]3CC[C@H](CC3)OC[C@@H]12. The van der Waals surface area contributed by atoms with Gasteiger partial charge in [0.1, 0.15) is 5.82 Å². The highest BCUT2D eigenvalue weighted by atomic mass is 32.2. The minimum atomic E-state index is -3.47. The smallest absolute Gasteiger partial charge is 0.260 e. The van der Waals surface area contributed by atoms with Gasteiger partial charge < -0.3 is 14.4 Å². The molecule has 172 valence electrons. The lowest BCUT2D eigenvalue weighted by molar-refractivity contribution is -0.140. The number of hydrogen-bond acceptors (Lipinski definition) is 5. The Morgan fingerprint density at radius 3 is 2.58 bits per heavy atom. The number of carbonyl (C=O) groups is 1. The van der Waals surface area contributed by atoms with Crippen LogP contribution < -0.4 is 9.46 Å². The summed E-state index contributed by atoms with van der Waals surface area (Å²) in [5, 5.41) is 0. The highest BCUT2D eigenvalue weighted by Gasteiger charge is 2.38. The molecule has 1 aromatic carbocycles. The van der Waals surface area contributed by atoms with Crippen LogP contribution in [0.2, 0.25) is 0 Å². The van der Waals surface area contributed by atoms with E-state index >= 15 is 0 Å². The van der Waals surface area contributed by atoms with E-state index in [0.717, 1.165) is 12.3 Å². The standard InChI is InChI=1S/C21H28F2N2O5S/c1-31(27,28)24-18-3-2-8-25-19(18)11-29-15-6-4-13(5-7-15)16-9-14(22)10-17(23)21(16)30-12-20(25)26/h9-10,13,15,18-19,24H,2-8,11-12H2,1H3/t13-,15+,18-,19-/m0/s1. The lowest BCUT2D eigenvalue weighted by Crippen LogP contribution is -2.59. The molecule has 3 aliphatic heterocycles. The predicted molar refractivity (Wildman–Crippen MR) is 109 cm³/mol. The second-order valence-electron chi connectivity index (χ2n) is 8.69. The van der Waals surface area contributed by atoms with E-state index in [1.807, 2.05) is 0 Å². The Balaban J connectivity index is 1.65. The van der Waals surface area contributed by atoms with Crippen molar-refractivity contribution >= 4 is 15.9 Å². The van der Waals surface area contributed by atoms with Crippen molar-refractivity contribution in [3.63, 3.8) is 0 Å². The summed E-state index contributed by atoms with van der Waals surface area (Å²) in [6.07, 6.45) is 5.08. The van der Waals surface area contributed by atoms with Crippen molar-refractivity contribution in [1.29, 1.82) is 0 Å². The molecule has 0 radical (unpaired) electrons. The van der Waals surface area contributed by atoms with Gasteiger partial charge in [0.05, 0.1) is 25.0 Å². The van der Waals surface area contributed by atoms with E-state index in [0.29, 0.717) is 50.6 Å². The van der Waals surface area contributed by atoms with E-state index in [9.17, 15) is 22.0 Å². The third kappa shape index (κ3) is 5.18. The van der Waals surface area contributed by atoms with Crippen molar-refractivity contribution in [2.24, 2.45) is 0 Å². The molecule has 1 aliphatic carbocycles. The van der Waals surface area contributed by atoms with Crippen LogP contribution in [0, 0.1) is 11.6 Å². The van der Waals surface area contributed by atoms with Crippen LogP contribution in [0.15, 0.2) is 12.1 Å². The third-order valence-corrected chi connectivity index (χ3v) is 7.19. The molecule has 1 aromatic rings. The Labute approximate surface area is 181 Å². The first-order valence-corrected chi connectivity index (χ1v) is 12.6. The number of rotatable bonds is 2. The van der Waals surface area contributed by atoms with Gasteiger partial charge in [0, 0.05) is 24.2 Å². The van der Waals surface area contributed by atoms with Crippen molar-refractivity contribution in [3.05, 3.63) is 29.3 Å². The van der Waals surface area contributed by atoms with Gasteiger partial charge in [-0.25, -0.2) is 21.9 Å². The van der Waals surface area contributed by atoms with Crippen molar-refractivity contribution in [3.8, 4) is 5.75 Å². The Hall–Kier alpha value is -1.78. The van der Waals surface area contributed by atoms with Crippen LogP contribution in [-0.2, 0) is 19.6 Å². The number of benzene rings is 1. The molecular formula is C21H28F2N2O5S. The summed E-state index contributed by atoms with van der Waals surface area (Å²) in [6, 6.07) is 1.12. The molecule has 5 rings (SSSR count). The van der Waals surface area contributed by atoms with Crippen molar-refractivity contribution in [2.75, 3.05) is 26.0 Å². The number of sulfonamides is 1. The van der Waals surface area contributed by atoms with Gasteiger partial charge in [-0.05, 0) is 50.5 Å². The molecule has 1 N–H and O–H groups in total. The van der Waals surface area contributed by atoms with Gasteiger partial charge in [-0.1, -0.05) is 0 Å². The van der Waals surface area contributed by atoms with Crippen molar-refractivity contribution in [2.45, 2.75) is 62.6 Å². The summed E-state index contributed by atoms with van der Waals surface area (Å²) in [6.45, 7) is 0.238. The van der Waals surface area contributed by atoms with Gasteiger partial charge in [-0.2, -0.15) is 0 Å². The van der Waals surface area contributed by atoms with Crippen LogP contribution in [-0.4, -0.2) is 63.4 Å². The van der Waals surface area contributed by atoms with Crippen LogP contribution in [0.4, 0.5) is 8.78 Å². The van der Waals surface area contributed by atoms with E-state index in [-0.39, 0.29) is 30.3 Å². The fraction of sp³-hybridized carbons (Fsp3) is 0.667. The first kappa shape index (κ1) is 22.4. The largest absolute Gasteiger partial charge is 0.480 e. The van der Waals surface area contributed by atoms with Gasteiger partial charge in [0.25, 0.3) is 5.91 Å². The van der Waals surface area contributed by atoms with Crippen molar-refractivity contribution in [1.82, 2.24) is 9.62 Å². The zero-order chi connectivity index (χ0) is 22.2. The number of halogens is 2. The van der Waals surface area contributed by atoms with Gasteiger partial charge in [0.2, 0.25) is 10.0 Å². The second kappa shape index (κ2) is 8.99. The minimum absolute atomic E-state index is 0.0439. The summed E-state index contributed by atoms with van der Waals surface area (Å²) in [4.78, 5) is 14.6. The summed E-state index contributed by atoms with van der Waals surface area (Å²) in [5.74, 6) is -2.01. The monoisotopic (exact) mass is 458 g/mol. The molecule has 2 atom stereocenters. The molecule has 0 aromatic heterocycles. The van der Waals surface area contributed by atoms with Crippen LogP contribution in [0.5, 0.6) is 5.75 Å². The molecule has 0 unspecified atom stereocenters. The highest BCUT2D eigenvalue weighted by molar-refractivity contribution is 7.88. The van der Waals surface area contributed by atoms with Gasteiger partial charge in [-0.3, -0.25) is 4.79 Å². The number of amides is 1. The summed E-state index contributed by atoms with van der Waals surface area (Å²) >= 11 is 0. The van der Waals surface area contributed by atoms with Gasteiger partial charge >= 0.3 is 0 Å². The van der Waals surface area contributed by atoms with Crippen molar-refractivity contribution < 1.29 is 31.5 Å². The molecule has 1 amide bonds. The summed E-state index contributed by atoms with van der Waals surface area (Å²) in [7, 11) is -3.47. The molecular weight excluding hydrogens is 430 g/mol. The Morgan fingerprint density at radius 1 is 1.13 bits per heavy atom. The average Bonchev–Trinajstić information content (AvgIpc) is 2.71. The van der Waals surface area contributed by atoms with E-state index in [2.05, 4.69) is 4.72 Å².